The average molecular weight is 476 g/mol. The first-order valence-corrected chi connectivity index (χ1v) is 11.6. The summed E-state index contributed by atoms with van der Waals surface area (Å²) >= 11 is 0. The number of aliphatic carboxylic acids is 1. The van der Waals surface area contributed by atoms with E-state index in [1.54, 1.807) is 0 Å². The Labute approximate surface area is 201 Å². The molecule has 3 aromatic rings. The highest BCUT2D eigenvalue weighted by atomic mass is 16.5. The number of fused-ring (bicyclic) bond motifs is 3. The normalized spacial score (nSPS) is 14.9. The fraction of sp³-hybridized carbons (Fsp3) is 0.320. The molecule has 10 heteroatoms. The lowest BCUT2D eigenvalue weighted by Gasteiger charge is -2.26. The SMILES string of the molecule is O=C(O)CN(C(=O)c1nc(NC(=O)OCC2c3ccccc3-c3ccccc32)n[nH]1)C1CCCC1. The standard InChI is InChI=1S/C25H25N5O5/c31-21(32)13-30(15-7-1-2-8-15)23(33)22-26-24(29-28-22)27-25(34)35-14-20-18-11-5-3-9-16(18)17-10-4-6-12-19(17)20/h3-6,9-12,15,20H,1-2,7-8,13-14H2,(H,31,32)(H2,26,27,28,29,34). The van der Waals surface area contributed by atoms with Crippen LogP contribution >= 0.6 is 0 Å². The third-order valence-electron chi connectivity index (χ3n) is 6.58. The van der Waals surface area contributed by atoms with E-state index in [1.807, 2.05) is 36.4 Å². The molecule has 5 rings (SSSR count). The number of aromatic nitrogens is 3. The predicted octanol–water partition coefficient (Wildman–Crippen LogP) is 3.64. The molecule has 0 spiro atoms. The van der Waals surface area contributed by atoms with Crippen molar-refractivity contribution in [2.24, 2.45) is 0 Å². The zero-order valence-electron chi connectivity index (χ0n) is 18.9. The molecule has 35 heavy (non-hydrogen) atoms. The summed E-state index contributed by atoms with van der Waals surface area (Å²) in [6, 6.07) is 15.9. The Hall–Kier alpha value is -4.21. The minimum absolute atomic E-state index is 0.0894. The van der Waals surface area contributed by atoms with E-state index in [9.17, 15) is 19.5 Å². The maximum absolute atomic E-state index is 12.9. The van der Waals surface area contributed by atoms with E-state index in [-0.39, 0.29) is 30.3 Å². The number of ether oxygens (including phenoxy) is 1. The van der Waals surface area contributed by atoms with Crippen LogP contribution in [0.25, 0.3) is 11.1 Å². The fourth-order valence-corrected chi connectivity index (χ4v) is 5.00. The number of nitrogens with zero attached hydrogens (tertiary/aromatic N) is 3. The third-order valence-corrected chi connectivity index (χ3v) is 6.58. The summed E-state index contributed by atoms with van der Waals surface area (Å²) in [5.74, 6) is -2.00. The molecule has 2 aromatic carbocycles. The number of hydrogen-bond acceptors (Lipinski definition) is 6. The lowest BCUT2D eigenvalue weighted by atomic mass is 9.98. The Bertz CT molecular complexity index is 1220. The van der Waals surface area contributed by atoms with Crippen LogP contribution in [0.2, 0.25) is 0 Å². The summed E-state index contributed by atoms with van der Waals surface area (Å²) in [7, 11) is 0. The van der Waals surface area contributed by atoms with Crippen LogP contribution in [0.3, 0.4) is 0 Å². The largest absolute Gasteiger partial charge is 0.480 e. The van der Waals surface area contributed by atoms with Gasteiger partial charge >= 0.3 is 12.1 Å². The van der Waals surface area contributed by atoms with Gasteiger partial charge in [0.1, 0.15) is 13.2 Å². The molecule has 1 saturated carbocycles. The van der Waals surface area contributed by atoms with Crippen molar-refractivity contribution in [3.8, 4) is 11.1 Å². The first-order chi connectivity index (χ1) is 17.0. The number of carboxylic acids is 1. The highest BCUT2D eigenvalue weighted by molar-refractivity contribution is 5.93. The van der Waals surface area contributed by atoms with Crippen molar-refractivity contribution in [1.82, 2.24) is 20.1 Å². The van der Waals surface area contributed by atoms with Gasteiger partial charge in [0.15, 0.2) is 0 Å². The van der Waals surface area contributed by atoms with Crippen LogP contribution in [-0.4, -0.2) is 62.4 Å². The third kappa shape index (κ3) is 4.59. The van der Waals surface area contributed by atoms with E-state index in [0.717, 1.165) is 47.9 Å². The number of hydrogen-bond donors (Lipinski definition) is 3. The number of nitrogens with one attached hydrogen (secondary N) is 2. The number of carbonyl (C=O) groups is 3. The van der Waals surface area contributed by atoms with Gasteiger partial charge in [-0.3, -0.25) is 20.0 Å². The smallest absolute Gasteiger partial charge is 0.414 e. The lowest BCUT2D eigenvalue weighted by molar-refractivity contribution is -0.138. The summed E-state index contributed by atoms with van der Waals surface area (Å²) in [6.45, 7) is -0.288. The molecule has 2 aliphatic carbocycles. The van der Waals surface area contributed by atoms with Gasteiger partial charge in [0.25, 0.3) is 11.9 Å². The van der Waals surface area contributed by atoms with Crippen LogP contribution < -0.4 is 5.32 Å². The summed E-state index contributed by atoms with van der Waals surface area (Å²) in [5, 5.41) is 18.0. The molecule has 0 unspecified atom stereocenters. The van der Waals surface area contributed by atoms with Crippen molar-refractivity contribution in [3.63, 3.8) is 0 Å². The summed E-state index contributed by atoms with van der Waals surface area (Å²) in [5.41, 5.74) is 4.44. The zero-order valence-corrected chi connectivity index (χ0v) is 18.9. The van der Waals surface area contributed by atoms with E-state index in [0.29, 0.717) is 0 Å². The number of rotatable bonds is 7. The van der Waals surface area contributed by atoms with E-state index >= 15 is 0 Å². The van der Waals surface area contributed by atoms with Crippen LogP contribution in [0.5, 0.6) is 0 Å². The van der Waals surface area contributed by atoms with Crippen LogP contribution in [0.1, 0.15) is 53.3 Å². The Morgan fingerprint density at radius 1 is 1.03 bits per heavy atom. The molecule has 0 aliphatic heterocycles. The van der Waals surface area contributed by atoms with Crippen LogP contribution in [0, 0.1) is 0 Å². The maximum atomic E-state index is 12.9. The lowest BCUT2D eigenvalue weighted by Crippen LogP contribution is -2.42. The number of aromatic amines is 1. The van der Waals surface area contributed by atoms with E-state index < -0.39 is 24.5 Å². The van der Waals surface area contributed by atoms with Gasteiger partial charge in [0.05, 0.1) is 0 Å². The molecule has 2 amide bonds. The fourth-order valence-electron chi connectivity index (χ4n) is 5.00. The van der Waals surface area contributed by atoms with Gasteiger partial charge in [-0.15, -0.1) is 5.10 Å². The molecular formula is C25H25N5O5. The van der Waals surface area contributed by atoms with Gasteiger partial charge in [0, 0.05) is 12.0 Å². The van der Waals surface area contributed by atoms with Crippen LogP contribution in [0.4, 0.5) is 10.7 Å². The highest BCUT2D eigenvalue weighted by Crippen LogP contribution is 2.44. The van der Waals surface area contributed by atoms with Gasteiger partial charge in [-0.05, 0) is 35.1 Å². The molecular weight excluding hydrogens is 450 g/mol. The van der Waals surface area contributed by atoms with Gasteiger partial charge in [-0.25, -0.2) is 4.79 Å². The van der Waals surface area contributed by atoms with Crippen molar-refractivity contribution in [2.75, 3.05) is 18.5 Å². The molecule has 2 aliphatic rings. The molecule has 180 valence electrons. The van der Waals surface area contributed by atoms with Gasteiger partial charge in [-0.1, -0.05) is 61.4 Å². The summed E-state index contributed by atoms with van der Waals surface area (Å²) < 4.78 is 5.48. The second-order valence-corrected chi connectivity index (χ2v) is 8.72. The van der Waals surface area contributed by atoms with Crippen LogP contribution in [0.15, 0.2) is 48.5 Å². The Morgan fingerprint density at radius 3 is 2.29 bits per heavy atom. The monoisotopic (exact) mass is 475 g/mol. The van der Waals surface area contributed by atoms with Crippen molar-refractivity contribution in [2.45, 2.75) is 37.6 Å². The minimum atomic E-state index is -1.10. The predicted molar refractivity (Wildman–Crippen MR) is 126 cm³/mol. The van der Waals surface area contributed by atoms with E-state index in [4.69, 9.17) is 4.74 Å². The molecule has 0 radical (unpaired) electrons. The average Bonchev–Trinajstić information content (AvgIpc) is 3.60. The number of amides is 2. The minimum Gasteiger partial charge on any atom is -0.480 e. The highest BCUT2D eigenvalue weighted by Gasteiger charge is 2.32. The molecule has 0 atom stereocenters. The van der Waals surface area contributed by atoms with E-state index in [1.165, 1.54) is 4.90 Å². The van der Waals surface area contributed by atoms with Crippen molar-refractivity contribution in [3.05, 3.63) is 65.5 Å². The number of H-pyrrole nitrogens is 1. The Kier molecular flexibility index (Phi) is 6.17. The summed E-state index contributed by atoms with van der Waals surface area (Å²) in [4.78, 5) is 42.0. The first-order valence-electron chi connectivity index (χ1n) is 11.6. The number of carbonyl (C=O) groups excluding carboxylic acids is 2. The van der Waals surface area contributed by atoms with Gasteiger partial charge in [0.2, 0.25) is 5.82 Å². The van der Waals surface area contributed by atoms with Crippen LogP contribution in [-0.2, 0) is 9.53 Å². The van der Waals surface area contributed by atoms with E-state index in [2.05, 4.69) is 32.6 Å². The molecule has 1 fully saturated rings. The Balaban J connectivity index is 1.23. The van der Waals surface area contributed by atoms with Gasteiger partial charge < -0.3 is 14.7 Å². The quantitative estimate of drug-likeness (QED) is 0.474. The first kappa shape index (κ1) is 22.6. The maximum Gasteiger partial charge on any atom is 0.414 e. The molecule has 10 nitrogen and oxygen atoms in total. The Morgan fingerprint density at radius 2 is 1.66 bits per heavy atom. The van der Waals surface area contributed by atoms with Gasteiger partial charge in [-0.2, -0.15) is 4.98 Å². The summed E-state index contributed by atoms with van der Waals surface area (Å²) in [6.07, 6.45) is 2.64. The second kappa shape index (κ2) is 9.57. The number of carboxylic acid groups (broad SMARTS) is 1. The number of benzene rings is 2. The number of anilines is 1. The topological polar surface area (TPSA) is 138 Å². The molecule has 1 aromatic heterocycles. The molecule has 3 N–H and O–H groups in total. The van der Waals surface area contributed by atoms with Crippen molar-refractivity contribution in [1.29, 1.82) is 0 Å². The molecule has 1 heterocycles. The molecule has 0 saturated heterocycles. The van der Waals surface area contributed by atoms with Crippen molar-refractivity contribution < 1.29 is 24.2 Å². The molecule has 0 bridgehead atoms. The van der Waals surface area contributed by atoms with Crippen molar-refractivity contribution >= 4 is 23.9 Å². The zero-order chi connectivity index (χ0) is 24.4. The second-order valence-electron chi connectivity index (χ2n) is 8.72.